The van der Waals surface area contributed by atoms with Crippen LogP contribution in [-0.4, -0.2) is 10.9 Å². The van der Waals surface area contributed by atoms with Crippen LogP contribution in [0.3, 0.4) is 0 Å². The number of benzene rings is 1. The summed E-state index contributed by atoms with van der Waals surface area (Å²) >= 11 is 1.58. The Bertz CT molecular complexity index is 816. The lowest BCUT2D eigenvalue weighted by Crippen LogP contribution is -2.11. The van der Waals surface area contributed by atoms with Gasteiger partial charge in [-0.1, -0.05) is 25.1 Å². The molecule has 1 amide bonds. The Morgan fingerprint density at radius 1 is 1.41 bits per heavy atom. The van der Waals surface area contributed by atoms with Crippen LogP contribution in [0, 0.1) is 5.92 Å². The predicted octanol–water partition coefficient (Wildman–Crippen LogP) is 4.27. The molecule has 0 radical (unpaired) electrons. The van der Waals surface area contributed by atoms with E-state index in [9.17, 15) is 4.79 Å². The summed E-state index contributed by atoms with van der Waals surface area (Å²) in [7, 11) is 0. The molecule has 1 aromatic carbocycles. The van der Waals surface area contributed by atoms with E-state index in [4.69, 9.17) is 4.42 Å². The molecular formula is C17H16N2O2S. The lowest BCUT2D eigenvalue weighted by atomic mass is 9.93. The molecule has 1 atom stereocenters. The molecule has 1 aliphatic rings. The second-order valence-corrected chi connectivity index (χ2v) is 6.92. The van der Waals surface area contributed by atoms with Crippen molar-refractivity contribution >= 4 is 33.3 Å². The van der Waals surface area contributed by atoms with Crippen molar-refractivity contribution in [3.05, 3.63) is 46.7 Å². The van der Waals surface area contributed by atoms with E-state index in [1.807, 2.05) is 24.3 Å². The molecule has 2 heterocycles. The van der Waals surface area contributed by atoms with E-state index >= 15 is 0 Å². The first-order valence-corrected chi connectivity index (χ1v) is 8.29. The molecule has 112 valence electrons. The van der Waals surface area contributed by atoms with Crippen molar-refractivity contribution in [3.8, 4) is 0 Å². The third-order valence-electron chi connectivity index (χ3n) is 4.06. The quantitative estimate of drug-likeness (QED) is 0.769. The smallest absolute Gasteiger partial charge is 0.293 e. The van der Waals surface area contributed by atoms with Gasteiger partial charge in [0, 0.05) is 10.3 Å². The number of para-hydroxylation sites is 1. The lowest BCUT2D eigenvalue weighted by Gasteiger charge is -2.15. The Morgan fingerprint density at radius 2 is 2.27 bits per heavy atom. The van der Waals surface area contributed by atoms with Crippen LogP contribution >= 0.6 is 11.3 Å². The first-order valence-electron chi connectivity index (χ1n) is 7.47. The number of nitrogens with zero attached hydrogens (tertiary/aromatic N) is 1. The van der Waals surface area contributed by atoms with Crippen LogP contribution in [0.25, 0.3) is 11.0 Å². The number of anilines is 1. The number of carbonyl (C=O) groups excluding carboxylic acids is 1. The molecule has 4 nitrogen and oxygen atoms in total. The van der Waals surface area contributed by atoms with Gasteiger partial charge in [0.25, 0.3) is 5.91 Å². The van der Waals surface area contributed by atoms with Gasteiger partial charge in [-0.15, -0.1) is 11.3 Å². The summed E-state index contributed by atoms with van der Waals surface area (Å²) in [4.78, 5) is 18.2. The Labute approximate surface area is 132 Å². The van der Waals surface area contributed by atoms with Crippen LogP contribution < -0.4 is 5.32 Å². The van der Waals surface area contributed by atoms with Crippen LogP contribution in [-0.2, 0) is 12.8 Å². The van der Waals surface area contributed by atoms with Gasteiger partial charge in [-0.25, -0.2) is 4.98 Å². The topological polar surface area (TPSA) is 55.1 Å². The predicted molar refractivity (Wildman–Crippen MR) is 87.5 cm³/mol. The summed E-state index contributed by atoms with van der Waals surface area (Å²) in [5.41, 5.74) is 1.86. The van der Waals surface area contributed by atoms with Crippen molar-refractivity contribution in [2.75, 3.05) is 5.32 Å². The maximum absolute atomic E-state index is 12.3. The number of aryl methyl sites for hydroxylation is 1. The van der Waals surface area contributed by atoms with Crippen LogP contribution in [0.15, 0.2) is 34.7 Å². The zero-order valence-corrected chi connectivity index (χ0v) is 13.1. The lowest BCUT2D eigenvalue weighted by molar-refractivity contribution is 0.0998. The Morgan fingerprint density at radius 3 is 3.14 bits per heavy atom. The van der Waals surface area contributed by atoms with Crippen molar-refractivity contribution in [1.29, 1.82) is 0 Å². The van der Waals surface area contributed by atoms with Crippen LogP contribution in [0.5, 0.6) is 0 Å². The highest BCUT2D eigenvalue weighted by molar-refractivity contribution is 7.15. The minimum atomic E-state index is -0.240. The van der Waals surface area contributed by atoms with Gasteiger partial charge in [0.15, 0.2) is 10.9 Å². The van der Waals surface area contributed by atoms with Gasteiger partial charge >= 0.3 is 0 Å². The Kier molecular flexibility index (Phi) is 3.22. The number of nitrogens with one attached hydrogen (secondary N) is 1. The van der Waals surface area contributed by atoms with Crippen molar-refractivity contribution < 1.29 is 9.21 Å². The molecule has 4 rings (SSSR count). The summed E-state index contributed by atoms with van der Waals surface area (Å²) in [6, 6.07) is 9.37. The van der Waals surface area contributed by atoms with Crippen molar-refractivity contribution in [3.63, 3.8) is 0 Å². The van der Waals surface area contributed by atoms with Crippen molar-refractivity contribution in [2.45, 2.75) is 26.2 Å². The van der Waals surface area contributed by atoms with Gasteiger partial charge in [-0.05, 0) is 37.3 Å². The largest absolute Gasteiger partial charge is 0.451 e. The number of furan rings is 1. The van der Waals surface area contributed by atoms with E-state index in [2.05, 4.69) is 17.2 Å². The highest BCUT2D eigenvalue weighted by Crippen LogP contribution is 2.32. The van der Waals surface area contributed by atoms with Crippen molar-refractivity contribution in [1.82, 2.24) is 4.98 Å². The molecule has 1 aliphatic carbocycles. The number of hydrogen-bond donors (Lipinski definition) is 1. The highest BCUT2D eigenvalue weighted by atomic mass is 32.1. The maximum atomic E-state index is 12.3. The molecule has 1 N–H and O–H groups in total. The third-order valence-corrected chi connectivity index (χ3v) is 5.09. The molecule has 0 fully saturated rings. The summed E-state index contributed by atoms with van der Waals surface area (Å²) in [6.45, 7) is 2.26. The Balaban J connectivity index is 1.56. The molecule has 2 aromatic heterocycles. The summed E-state index contributed by atoms with van der Waals surface area (Å²) in [5.74, 6) is 0.782. The zero-order chi connectivity index (χ0) is 15.1. The SMILES string of the molecule is CC1CCc2nc(NC(=O)c3cc4ccccc4o3)sc2C1. The van der Waals surface area contributed by atoms with E-state index < -0.39 is 0 Å². The first kappa shape index (κ1) is 13.5. The van der Waals surface area contributed by atoms with Gasteiger partial charge in [0.1, 0.15) is 5.58 Å². The van der Waals surface area contributed by atoms with Crippen LogP contribution in [0.1, 0.15) is 34.5 Å². The van der Waals surface area contributed by atoms with Gasteiger partial charge < -0.3 is 4.42 Å². The number of hydrogen-bond acceptors (Lipinski definition) is 4. The van der Waals surface area contributed by atoms with E-state index in [0.717, 1.165) is 29.5 Å². The molecule has 0 bridgehead atoms. The van der Waals surface area contributed by atoms with Gasteiger partial charge in [0.05, 0.1) is 5.69 Å². The van der Waals surface area contributed by atoms with E-state index in [1.54, 1.807) is 17.4 Å². The zero-order valence-electron chi connectivity index (χ0n) is 12.3. The van der Waals surface area contributed by atoms with E-state index in [-0.39, 0.29) is 5.91 Å². The standard InChI is InChI=1S/C17H16N2O2S/c1-10-6-7-12-15(8-10)22-17(18-12)19-16(20)14-9-11-4-2-3-5-13(11)21-14/h2-5,9-10H,6-8H2,1H3,(H,18,19,20). The van der Waals surface area contributed by atoms with Crippen LogP contribution in [0.4, 0.5) is 5.13 Å². The molecule has 0 spiro atoms. The number of fused-ring (bicyclic) bond motifs is 2. The fraction of sp³-hybridized carbons (Fsp3) is 0.294. The monoisotopic (exact) mass is 312 g/mol. The molecule has 0 saturated heterocycles. The second-order valence-electron chi connectivity index (χ2n) is 5.84. The minimum Gasteiger partial charge on any atom is -0.451 e. The van der Waals surface area contributed by atoms with E-state index in [0.29, 0.717) is 16.8 Å². The number of aromatic nitrogens is 1. The summed E-state index contributed by atoms with van der Waals surface area (Å²) < 4.78 is 5.59. The molecule has 5 heteroatoms. The second kappa shape index (κ2) is 5.25. The van der Waals surface area contributed by atoms with Crippen LogP contribution in [0.2, 0.25) is 0 Å². The van der Waals surface area contributed by atoms with Gasteiger partial charge in [-0.2, -0.15) is 0 Å². The van der Waals surface area contributed by atoms with Gasteiger partial charge in [-0.3, -0.25) is 10.1 Å². The minimum absolute atomic E-state index is 0.240. The Hall–Kier alpha value is -2.14. The number of thiazole rings is 1. The van der Waals surface area contributed by atoms with Crippen molar-refractivity contribution in [2.24, 2.45) is 5.92 Å². The maximum Gasteiger partial charge on any atom is 0.293 e. The number of carbonyl (C=O) groups is 1. The average Bonchev–Trinajstić information content (AvgIpc) is 3.09. The molecule has 22 heavy (non-hydrogen) atoms. The average molecular weight is 312 g/mol. The first-order chi connectivity index (χ1) is 10.7. The molecule has 0 aliphatic heterocycles. The summed E-state index contributed by atoms with van der Waals surface area (Å²) in [5, 5.41) is 4.47. The molecule has 3 aromatic rings. The van der Waals surface area contributed by atoms with Gasteiger partial charge in [0.2, 0.25) is 0 Å². The number of rotatable bonds is 2. The molecular weight excluding hydrogens is 296 g/mol. The molecule has 1 unspecified atom stereocenters. The van der Waals surface area contributed by atoms with E-state index in [1.165, 1.54) is 11.3 Å². The normalized spacial score (nSPS) is 17.4. The summed E-state index contributed by atoms with van der Waals surface area (Å²) in [6.07, 6.45) is 3.24. The fourth-order valence-electron chi connectivity index (χ4n) is 2.85. The third kappa shape index (κ3) is 2.41. The number of amides is 1. The fourth-order valence-corrected chi connectivity index (χ4v) is 4.01. The molecule has 0 saturated carbocycles. The highest BCUT2D eigenvalue weighted by Gasteiger charge is 2.21.